The fraction of sp³-hybridized carbons (Fsp3) is 0.400. The minimum atomic E-state index is 0.0310. The molecule has 1 aliphatic heterocycles. The summed E-state index contributed by atoms with van der Waals surface area (Å²) in [4.78, 5) is 33.9. The molecule has 3 heterocycles. The van der Waals surface area contributed by atoms with E-state index in [1.165, 1.54) is 0 Å². The van der Waals surface area contributed by atoms with Crippen LogP contribution in [0.25, 0.3) is 10.9 Å². The van der Waals surface area contributed by atoms with Gasteiger partial charge in [0.2, 0.25) is 5.96 Å². The van der Waals surface area contributed by atoms with Crippen LogP contribution in [0, 0.1) is 0 Å². The topological polar surface area (TPSA) is 98.2 Å². The highest BCUT2D eigenvalue weighted by atomic mass is 16.5. The number of amides is 1. The highest BCUT2D eigenvalue weighted by molar-refractivity contribution is 6.14. The number of allylic oxidation sites excluding steroid dienone is 1. The summed E-state index contributed by atoms with van der Waals surface area (Å²) in [5.41, 5.74) is 3.55. The van der Waals surface area contributed by atoms with Gasteiger partial charge >= 0.3 is 0 Å². The molecule has 3 aromatic rings. The van der Waals surface area contributed by atoms with Gasteiger partial charge in [0.25, 0.3) is 5.91 Å². The Labute approximate surface area is 230 Å². The molecule has 4 rings (SSSR count). The van der Waals surface area contributed by atoms with Crippen molar-refractivity contribution in [1.29, 1.82) is 0 Å². The predicted molar refractivity (Wildman–Crippen MR) is 159 cm³/mol. The summed E-state index contributed by atoms with van der Waals surface area (Å²) in [6.45, 7) is 11.5. The fourth-order valence-electron chi connectivity index (χ4n) is 4.58. The summed E-state index contributed by atoms with van der Waals surface area (Å²) >= 11 is 0. The van der Waals surface area contributed by atoms with Gasteiger partial charge in [-0.15, -0.1) is 0 Å². The molecule has 2 aromatic heterocycles. The Bertz CT molecular complexity index is 1350. The number of likely N-dealkylation sites (N-methyl/N-ethyl adjacent to an activating group) is 1. The number of H-pyrrole nitrogens is 1. The quantitative estimate of drug-likeness (QED) is 0.301. The van der Waals surface area contributed by atoms with Crippen LogP contribution < -0.4 is 10.1 Å². The summed E-state index contributed by atoms with van der Waals surface area (Å²) in [5.74, 6) is 1.21. The number of pyridine rings is 1. The Hall–Kier alpha value is -3.98. The van der Waals surface area contributed by atoms with Crippen LogP contribution in [0.4, 0.5) is 5.69 Å². The lowest BCUT2D eigenvalue weighted by atomic mass is 10.1. The summed E-state index contributed by atoms with van der Waals surface area (Å²) in [6.07, 6.45) is 6.57. The Balaban J connectivity index is 1.49. The molecule has 0 saturated carbocycles. The molecule has 1 amide bonds. The molecule has 1 aliphatic rings. The maximum atomic E-state index is 13.0. The van der Waals surface area contributed by atoms with Gasteiger partial charge in [-0.05, 0) is 56.3 Å². The molecule has 206 valence electrons. The smallest absolute Gasteiger partial charge is 0.270 e. The van der Waals surface area contributed by atoms with E-state index in [0.717, 1.165) is 67.8 Å². The third kappa shape index (κ3) is 7.11. The number of carbonyl (C=O) groups excluding carboxylic acids is 1. The number of aromatic amines is 1. The molecule has 9 nitrogen and oxygen atoms in total. The zero-order valence-electron chi connectivity index (χ0n) is 23.4. The van der Waals surface area contributed by atoms with Gasteiger partial charge in [-0.1, -0.05) is 26.8 Å². The third-order valence-corrected chi connectivity index (χ3v) is 6.89. The van der Waals surface area contributed by atoms with Gasteiger partial charge in [-0.2, -0.15) is 0 Å². The first-order chi connectivity index (χ1) is 18.9. The molecule has 1 saturated heterocycles. The number of aliphatic imine (C=N–C) groups is 2. The highest BCUT2D eigenvalue weighted by Crippen LogP contribution is 2.22. The molecule has 0 aliphatic carbocycles. The molecular weight excluding hydrogens is 490 g/mol. The van der Waals surface area contributed by atoms with Crippen LogP contribution in [0.3, 0.4) is 0 Å². The number of hydrogen-bond acceptors (Lipinski definition) is 5. The minimum absolute atomic E-state index is 0.0310. The number of anilines is 1. The lowest BCUT2D eigenvalue weighted by molar-refractivity contribution is 0.0659. The third-order valence-electron chi connectivity index (χ3n) is 6.89. The Morgan fingerprint density at radius 2 is 2.00 bits per heavy atom. The number of piperazine rings is 1. The van der Waals surface area contributed by atoms with E-state index >= 15 is 0 Å². The van der Waals surface area contributed by atoms with Crippen LogP contribution in [-0.2, 0) is 0 Å². The Morgan fingerprint density at radius 1 is 1.21 bits per heavy atom. The second-order valence-electron chi connectivity index (χ2n) is 9.77. The van der Waals surface area contributed by atoms with Gasteiger partial charge in [0, 0.05) is 62.1 Å². The molecular formula is C30H39N7O2. The zero-order valence-corrected chi connectivity index (χ0v) is 23.4. The number of hydrogen-bond donors (Lipinski definition) is 2. The average Bonchev–Trinajstić information content (AvgIpc) is 3.38. The molecule has 9 heteroatoms. The number of carbonyl (C=O) groups is 1. The number of nitrogens with zero attached hydrogens (tertiary/aromatic N) is 5. The SMILES string of the molecule is C=C/C(=N\C(=NC)Nc1ccc2[nH]c(C(=O)N3CCN(C)CC3)cc2c1)c1cc(OC(CC)CCC)ccn1. The van der Waals surface area contributed by atoms with Crippen molar-refractivity contribution in [2.75, 3.05) is 45.6 Å². The maximum absolute atomic E-state index is 13.0. The standard InChI is InChI=1S/C30H39N7O2/c1-6-9-23(7-2)39-24-12-13-32-27(20-24)25(8-3)35-30(31-4)33-22-10-11-26-21(18-22)19-28(34-26)29(38)37-16-14-36(5)15-17-37/h8,10-13,18-20,23,34H,3,6-7,9,14-17H2,1-2,4-5H3,(H,31,33)/b35-25+. The van der Waals surface area contributed by atoms with E-state index in [2.05, 4.69) is 57.6 Å². The van der Waals surface area contributed by atoms with Crippen molar-refractivity contribution in [3.8, 4) is 5.75 Å². The molecule has 1 atom stereocenters. The van der Waals surface area contributed by atoms with Crippen LogP contribution in [-0.4, -0.2) is 83.7 Å². The molecule has 2 N–H and O–H groups in total. The fourth-order valence-corrected chi connectivity index (χ4v) is 4.58. The van der Waals surface area contributed by atoms with Gasteiger partial charge in [-0.25, -0.2) is 4.99 Å². The van der Waals surface area contributed by atoms with Crippen molar-refractivity contribution in [1.82, 2.24) is 19.8 Å². The summed E-state index contributed by atoms with van der Waals surface area (Å²) in [7, 11) is 3.76. The molecule has 1 fully saturated rings. The first-order valence-electron chi connectivity index (χ1n) is 13.6. The number of rotatable bonds is 9. The first-order valence-corrected chi connectivity index (χ1v) is 13.6. The van der Waals surface area contributed by atoms with Crippen molar-refractivity contribution in [2.24, 2.45) is 9.98 Å². The van der Waals surface area contributed by atoms with Crippen LogP contribution >= 0.6 is 0 Å². The van der Waals surface area contributed by atoms with Gasteiger partial charge in [0.15, 0.2) is 0 Å². The number of fused-ring (bicyclic) bond motifs is 1. The lowest BCUT2D eigenvalue weighted by Gasteiger charge is -2.32. The van der Waals surface area contributed by atoms with Gasteiger partial charge in [0.1, 0.15) is 11.4 Å². The molecule has 0 radical (unpaired) electrons. The van der Waals surface area contributed by atoms with E-state index in [0.29, 0.717) is 23.1 Å². The van der Waals surface area contributed by atoms with Crippen molar-refractivity contribution in [3.63, 3.8) is 0 Å². The summed E-state index contributed by atoms with van der Waals surface area (Å²) < 4.78 is 6.16. The van der Waals surface area contributed by atoms with E-state index in [4.69, 9.17) is 4.74 Å². The Morgan fingerprint density at radius 3 is 2.69 bits per heavy atom. The molecule has 1 unspecified atom stereocenters. The van der Waals surface area contributed by atoms with Gasteiger partial charge in [-0.3, -0.25) is 14.8 Å². The van der Waals surface area contributed by atoms with Crippen LogP contribution in [0.1, 0.15) is 49.3 Å². The molecule has 39 heavy (non-hydrogen) atoms. The van der Waals surface area contributed by atoms with Crippen LogP contribution in [0.5, 0.6) is 5.75 Å². The first kappa shape index (κ1) is 28.0. The summed E-state index contributed by atoms with van der Waals surface area (Å²) in [6, 6.07) is 11.5. The van der Waals surface area contributed by atoms with Crippen LogP contribution in [0.15, 0.2) is 65.2 Å². The average molecular weight is 530 g/mol. The normalized spacial score (nSPS) is 15.8. The Kier molecular flexibility index (Phi) is 9.49. The predicted octanol–water partition coefficient (Wildman–Crippen LogP) is 4.98. The number of benzene rings is 1. The number of guanidine groups is 1. The van der Waals surface area contributed by atoms with E-state index < -0.39 is 0 Å². The zero-order chi connectivity index (χ0) is 27.8. The minimum Gasteiger partial charge on any atom is -0.490 e. The van der Waals surface area contributed by atoms with E-state index in [1.54, 1.807) is 19.3 Å². The lowest BCUT2D eigenvalue weighted by Crippen LogP contribution is -2.47. The van der Waals surface area contributed by atoms with Crippen LogP contribution in [0.2, 0.25) is 0 Å². The second kappa shape index (κ2) is 13.2. The van der Waals surface area contributed by atoms with E-state index in [1.807, 2.05) is 41.3 Å². The van der Waals surface area contributed by atoms with Crippen molar-refractivity contribution in [2.45, 2.75) is 39.2 Å². The molecule has 0 bridgehead atoms. The number of ether oxygens (including phenoxy) is 1. The van der Waals surface area contributed by atoms with Gasteiger partial charge in [0.05, 0.1) is 17.5 Å². The molecule has 1 aromatic carbocycles. The monoisotopic (exact) mass is 529 g/mol. The molecule has 0 spiro atoms. The van der Waals surface area contributed by atoms with Crippen molar-refractivity contribution < 1.29 is 9.53 Å². The number of nitrogens with one attached hydrogen (secondary N) is 2. The van der Waals surface area contributed by atoms with E-state index in [-0.39, 0.29) is 12.0 Å². The summed E-state index contributed by atoms with van der Waals surface area (Å²) in [5, 5.41) is 4.21. The number of aromatic nitrogens is 2. The van der Waals surface area contributed by atoms with E-state index in [9.17, 15) is 4.79 Å². The van der Waals surface area contributed by atoms with Crippen molar-refractivity contribution in [3.05, 3.63) is 66.6 Å². The largest absolute Gasteiger partial charge is 0.490 e. The van der Waals surface area contributed by atoms with Crippen molar-refractivity contribution >= 4 is 34.2 Å². The van der Waals surface area contributed by atoms with Gasteiger partial charge < -0.3 is 24.8 Å². The second-order valence-corrected chi connectivity index (χ2v) is 9.77. The maximum Gasteiger partial charge on any atom is 0.270 e. The highest BCUT2D eigenvalue weighted by Gasteiger charge is 2.21.